The average molecular weight is 354 g/mol. The van der Waals surface area contributed by atoms with E-state index >= 15 is 0 Å². The first-order valence-electron chi connectivity index (χ1n) is 5.52. The summed E-state index contributed by atoms with van der Waals surface area (Å²) in [7, 11) is 0.0794. The van der Waals surface area contributed by atoms with Crippen LogP contribution in [0.2, 0.25) is 18.1 Å². The third-order valence-electron chi connectivity index (χ3n) is 3.15. The quantitative estimate of drug-likeness (QED) is 0.425. The fourth-order valence-electron chi connectivity index (χ4n) is 0.947. The van der Waals surface area contributed by atoms with Gasteiger partial charge in [0.25, 0.3) is 0 Å². The van der Waals surface area contributed by atoms with E-state index in [0.717, 1.165) is 13.0 Å². The smallest absolute Gasteiger partial charge is 0.191 e. The number of hydrogen-bond donors (Lipinski definition) is 0. The second kappa shape index (κ2) is 6.99. The van der Waals surface area contributed by atoms with Crippen molar-refractivity contribution >= 4 is 30.9 Å². The number of rotatable bonds is 5. The van der Waals surface area contributed by atoms with E-state index in [4.69, 9.17) is 9.16 Å². The van der Waals surface area contributed by atoms with Gasteiger partial charge in [0, 0.05) is 42.7 Å². The lowest BCUT2D eigenvalue weighted by atomic mass is 10.2. The fourth-order valence-corrected chi connectivity index (χ4v) is 2.36. The summed E-state index contributed by atoms with van der Waals surface area (Å²) in [6, 6.07) is 0. The van der Waals surface area contributed by atoms with Crippen LogP contribution in [0.3, 0.4) is 0 Å². The Morgan fingerprint density at radius 2 is 1.88 bits per heavy atom. The van der Waals surface area contributed by atoms with Crippen LogP contribution in [0.4, 0.5) is 0 Å². The molecule has 94 valence electrons. The van der Waals surface area contributed by atoms with E-state index in [9.17, 15) is 0 Å². The van der Waals surface area contributed by atoms with Gasteiger partial charge in [-0.1, -0.05) is 26.7 Å². The minimum atomic E-state index is -1.61. The van der Waals surface area contributed by atoms with Gasteiger partial charge in [-0.2, -0.15) is 0 Å². The van der Waals surface area contributed by atoms with Crippen molar-refractivity contribution in [3.05, 3.63) is 0 Å². The zero-order valence-electron chi connectivity index (χ0n) is 11.2. The maximum Gasteiger partial charge on any atom is 0.191 e. The predicted octanol–water partition coefficient (Wildman–Crippen LogP) is 3.81. The standard InChI is InChI=1S/C12H23IO2Si/c1-12(2,3)16(5,6)15-10-8-11(14-4)7-9-13/h11H,8,10H2,1-6H3. The van der Waals surface area contributed by atoms with Crippen LogP contribution in [0.25, 0.3) is 0 Å². The van der Waals surface area contributed by atoms with Crippen molar-refractivity contribution in [1.82, 2.24) is 0 Å². The summed E-state index contributed by atoms with van der Waals surface area (Å²) >= 11 is 2.03. The van der Waals surface area contributed by atoms with Gasteiger partial charge in [-0.15, -0.1) is 0 Å². The highest BCUT2D eigenvalue weighted by Crippen LogP contribution is 2.36. The highest BCUT2D eigenvalue weighted by molar-refractivity contribution is 14.1. The number of ether oxygens (including phenoxy) is 1. The Morgan fingerprint density at radius 1 is 1.31 bits per heavy atom. The van der Waals surface area contributed by atoms with Gasteiger partial charge in [-0.25, -0.2) is 0 Å². The zero-order chi connectivity index (χ0) is 12.8. The van der Waals surface area contributed by atoms with Gasteiger partial charge in [0.1, 0.15) is 6.10 Å². The molecule has 0 aliphatic heterocycles. The van der Waals surface area contributed by atoms with Crippen LogP contribution in [-0.4, -0.2) is 28.1 Å². The molecule has 0 radical (unpaired) electrons. The summed E-state index contributed by atoms with van der Waals surface area (Å²) in [5, 5.41) is 0.268. The molecule has 16 heavy (non-hydrogen) atoms. The summed E-state index contributed by atoms with van der Waals surface area (Å²) in [5.74, 6) is 3.01. The van der Waals surface area contributed by atoms with E-state index in [1.807, 2.05) is 22.6 Å². The lowest BCUT2D eigenvalue weighted by Gasteiger charge is -2.36. The van der Waals surface area contributed by atoms with Crippen molar-refractivity contribution in [1.29, 1.82) is 0 Å². The van der Waals surface area contributed by atoms with Crippen molar-refractivity contribution in [3.8, 4) is 9.85 Å². The normalized spacial score (nSPS) is 14.2. The van der Waals surface area contributed by atoms with E-state index in [1.165, 1.54) is 0 Å². The molecule has 0 bridgehead atoms. The van der Waals surface area contributed by atoms with Gasteiger partial charge < -0.3 is 9.16 Å². The van der Waals surface area contributed by atoms with Crippen LogP contribution in [-0.2, 0) is 9.16 Å². The second-order valence-electron chi connectivity index (χ2n) is 5.36. The average Bonchev–Trinajstić information content (AvgIpc) is 2.14. The minimum Gasteiger partial charge on any atom is -0.417 e. The summed E-state index contributed by atoms with van der Waals surface area (Å²) in [5.41, 5.74) is 0. The minimum absolute atomic E-state index is 0.00154. The van der Waals surface area contributed by atoms with E-state index in [-0.39, 0.29) is 11.1 Å². The van der Waals surface area contributed by atoms with Gasteiger partial charge in [-0.3, -0.25) is 0 Å². The molecule has 0 heterocycles. The van der Waals surface area contributed by atoms with E-state index < -0.39 is 8.32 Å². The van der Waals surface area contributed by atoms with Gasteiger partial charge in [0.15, 0.2) is 8.32 Å². The molecule has 0 saturated carbocycles. The van der Waals surface area contributed by atoms with Crippen LogP contribution in [0, 0.1) is 9.85 Å². The molecule has 0 N–H and O–H groups in total. The molecule has 0 spiro atoms. The monoisotopic (exact) mass is 354 g/mol. The molecule has 2 nitrogen and oxygen atoms in total. The largest absolute Gasteiger partial charge is 0.417 e. The van der Waals surface area contributed by atoms with Crippen LogP contribution < -0.4 is 0 Å². The molecule has 0 saturated heterocycles. The van der Waals surface area contributed by atoms with Gasteiger partial charge in [-0.05, 0) is 22.1 Å². The topological polar surface area (TPSA) is 18.5 Å². The summed E-state index contributed by atoms with van der Waals surface area (Å²) in [4.78, 5) is 0. The van der Waals surface area contributed by atoms with Crippen LogP contribution in [0.5, 0.6) is 0 Å². The third-order valence-corrected chi connectivity index (χ3v) is 8.00. The first kappa shape index (κ1) is 16.4. The summed E-state index contributed by atoms with van der Waals surface area (Å²) in [6.07, 6.45) is 0.848. The van der Waals surface area contributed by atoms with Crippen molar-refractivity contribution in [2.45, 2.75) is 51.4 Å². The Labute approximate surface area is 115 Å². The molecule has 0 aromatic heterocycles. The molecular weight excluding hydrogens is 331 g/mol. The Bertz CT molecular complexity index is 260. The summed E-state index contributed by atoms with van der Waals surface area (Å²) in [6.45, 7) is 12.0. The number of methoxy groups -OCH3 is 1. The molecule has 4 heteroatoms. The second-order valence-corrected chi connectivity index (χ2v) is 10.7. The number of hydrogen-bond acceptors (Lipinski definition) is 2. The van der Waals surface area contributed by atoms with Crippen LogP contribution in [0.1, 0.15) is 27.2 Å². The Hall–Kier alpha value is 0.427. The molecular formula is C12H23IO2Si. The van der Waals surface area contributed by atoms with Crippen LogP contribution in [0.15, 0.2) is 0 Å². The lowest BCUT2D eigenvalue weighted by molar-refractivity contribution is 0.120. The van der Waals surface area contributed by atoms with Gasteiger partial charge in [0.2, 0.25) is 0 Å². The van der Waals surface area contributed by atoms with E-state index in [0.29, 0.717) is 0 Å². The zero-order valence-corrected chi connectivity index (χ0v) is 14.3. The Kier molecular flexibility index (Phi) is 7.18. The fraction of sp³-hybridized carbons (Fsp3) is 0.833. The first-order valence-corrected chi connectivity index (χ1v) is 9.51. The first-order chi connectivity index (χ1) is 7.24. The SMILES string of the molecule is COC(C#CI)CCO[Si](C)(C)C(C)(C)C. The van der Waals surface area contributed by atoms with Crippen molar-refractivity contribution in [3.63, 3.8) is 0 Å². The maximum absolute atomic E-state index is 6.06. The Balaban J connectivity index is 4.10. The van der Waals surface area contributed by atoms with E-state index in [2.05, 4.69) is 43.7 Å². The van der Waals surface area contributed by atoms with Crippen molar-refractivity contribution < 1.29 is 9.16 Å². The van der Waals surface area contributed by atoms with E-state index in [1.54, 1.807) is 7.11 Å². The molecule has 0 fully saturated rings. The third kappa shape index (κ3) is 5.67. The maximum atomic E-state index is 6.06. The van der Waals surface area contributed by atoms with Gasteiger partial charge in [0.05, 0.1) is 0 Å². The Morgan fingerprint density at radius 3 is 2.25 bits per heavy atom. The molecule has 0 amide bonds. The van der Waals surface area contributed by atoms with Gasteiger partial charge >= 0.3 is 0 Å². The molecule has 1 atom stereocenters. The van der Waals surface area contributed by atoms with Crippen molar-refractivity contribution in [2.24, 2.45) is 0 Å². The van der Waals surface area contributed by atoms with Crippen molar-refractivity contribution in [2.75, 3.05) is 13.7 Å². The van der Waals surface area contributed by atoms with Crippen LogP contribution >= 0.6 is 22.6 Å². The lowest BCUT2D eigenvalue weighted by Crippen LogP contribution is -2.41. The highest BCUT2D eigenvalue weighted by atomic mass is 127. The summed E-state index contributed by atoms with van der Waals surface area (Å²) < 4.78 is 14.2. The molecule has 0 aliphatic rings. The molecule has 1 unspecified atom stereocenters. The molecule has 0 aliphatic carbocycles. The number of halogens is 1. The predicted molar refractivity (Wildman–Crippen MR) is 80.4 cm³/mol. The molecule has 0 aromatic carbocycles. The molecule has 0 rings (SSSR count). The highest BCUT2D eigenvalue weighted by Gasteiger charge is 2.36. The molecule has 0 aromatic rings.